The van der Waals surface area contributed by atoms with Gasteiger partial charge in [-0.15, -0.1) is 0 Å². The third-order valence-corrected chi connectivity index (χ3v) is 2.69. The van der Waals surface area contributed by atoms with Crippen LogP contribution in [-0.4, -0.2) is 23.9 Å². The number of rotatable bonds is 3. The van der Waals surface area contributed by atoms with Crippen LogP contribution in [0.3, 0.4) is 0 Å². The van der Waals surface area contributed by atoms with Gasteiger partial charge in [0.25, 0.3) is 0 Å². The van der Waals surface area contributed by atoms with Crippen LogP contribution >= 0.6 is 27.5 Å². The van der Waals surface area contributed by atoms with Gasteiger partial charge >= 0.3 is 6.18 Å². The van der Waals surface area contributed by atoms with E-state index in [1.165, 1.54) is 12.1 Å². The van der Waals surface area contributed by atoms with Crippen molar-refractivity contribution < 1.29 is 18.3 Å². The number of aliphatic hydroxyl groups excluding tert-OH is 1. The SMILES string of the molecule is OC(CNc1ccc(Cl)cc1Br)C(F)(F)F. The standard InChI is InChI=1S/C9H8BrClF3NO/c10-6-3-5(11)1-2-7(6)15-4-8(16)9(12,13)14/h1-3,8,15-16H,4H2. The number of anilines is 1. The van der Waals surface area contributed by atoms with Crippen molar-refractivity contribution in [3.05, 3.63) is 27.7 Å². The van der Waals surface area contributed by atoms with Crippen molar-refractivity contribution in [2.75, 3.05) is 11.9 Å². The number of nitrogens with one attached hydrogen (secondary N) is 1. The molecule has 1 atom stereocenters. The summed E-state index contributed by atoms with van der Waals surface area (Å²) in [5.74, 6) is 0. The molecule has 1 rings (SSSR count). The zero-order valence-electron chi connectivity index (χ0n) is 7.85. The highest BCUT2D eigenvalue weighted by atomic mass is 79.9. The lowest BCUT2D eigenvalue weighted by molar-refractivity contribution is -0.198. The summed E-state index contributed by atoms with van der Waals surface area (Å²) in [6, 6.07) is 4.61. The first-order valence-corrected chi connectivity index (χ1v) is 5.41. The van der Waals surface area contributed by atoms with Crippen molar-refractivity contribution in [2.24, 2.45) is 0 Å². The second kappa shape index (κ2) is 5.25. The average molecular weight is 319 g/mol. The molecule has 0 heterocycles. The number of hydrogen-bond acceptors (Lipinski definition) is 2. The molecule has 16 heavy (non-hydrogen) atoms. The molecule has 2 N–H and O–H groups in total. The highest BCUT2D eigenvalue weighted by Gasteiger charge is 2.37. The number of hydrogen-bond donors (Lipinski definition) is 2. The second-order valence-electron chi connectivity index (χ2n) is 3.06. The Bertz CT molecular complexity index is 372. The second-order valence-corrected chi connectivity index (χ2v) is 4.35. The molecule has 0 aliphatic carbocycles. The Balaban J connectivity index is 2.62. The van der Waals surface area contributed by atoms with Crippen LogP contribution in [0.4, 0.5) is 18.9 Å². The van der Waals surface area contributed by atoms with Crippen molar-refractivity contribution in [2.45, 2.75) is 12.3 Å². The first-order chi connectivity index (χ1) is 7.30. The summed E-state index contributed by atoms with van der Waals surface area (Å²) in [6.07, 6.45) is -7.01. The molecule has 90 valence electrons. The van der Waals surface area contributed by atoms with Crippen LogP contribution in [0, 0.1) is 0 Å². The molecule has 0 bridgehead atoms. The molecular weight excluding hydrogens is 310 g/mol. The van der Waals surface area contributed by atoms with E-state index in [-0.39, 0.29) is 0 Å². The van der Waals surface area contributed by atoms with E-state index in [0.29, 0.717) is 15.2 Å². The van der Waals surface area contributed by atoms with Crippen molar-refractivity contribution in [3.8, 4) is 0 Å². The fraction of sp³-hybridized carbons (Fsp3) is 0.333. The van der Waals surface area contributed by atoms with Crippen LogP contribution in [0.2, 0.25) is 5.02 Å². The fourth-order valence-electron chi connectivity index (χ4n) is 0.955. The van der Waals surface area contributed by atoms with E-state index in [1.807, 2.05) is 0 Å². The third-order valence-electron chi connectivity index (χ3n) is 1.79. The van der Waals surface area contributed by atoms with Gasteiger partial charge in [-0.2, -0.15) is 13.2 Å². The van der Waals surface area contributed by atoms with Gasteiger partial charge in [0, 0.05) is 21.7 Å². The molecule has 0 spiro atoms. The smallest absolute Gasteiger partial charge is 0.382 e. The van der Waals surface area contributed by atoms with Crippen LogP contribution in [0.25, 0.3) is 0 Å². The Kier molecular flexibility index (Phi) is 4.46. The summed E-state index contributed by atoms with van der Waals surface area (Å²) in [4.78, 5) is 0. The predicted octanol–water partition coefficient (Wildman–Crippen LogP) is 3.44. The number of alkyl halides is 3. The quantitative estimate of drug-likeness (QED) is 0.895. The first kappa shape index (κ1) is 13.6. The zero-order valence-corrected chi connectivity index (χ0v) is 10.2. The Labute approximate surface area is 104 Å². The summed E-state index contributed by atoms with van der Waals surface area (Å²) in [5, 5.41) is 11.7. The maximum atomic E-state index is 12.0. The predicted molar refractivity (Wildman–Crippen MR) is 59.7 cm³/mol. The molecule has 1 aromatic rings. The minimum absolute atomic E-state index is 0.438. The van der Waals surface area contributed by atoms with Gasteiger partial charge in [0.2, 0.25) is 0 Å². The summed E-state index contributed by atoms with van der Waals surface area (Å²) in [5.41, 5.74) is 0.438. The van der Waals surface area contributed by atoms with Crippen molar-refractivity contribution in [3.63, 3.8) is 0 Å². The molecule has 1 aromatic carbocycles. The number of halogens is 5. The Hall–Kier alpha value is -0.460. The summed E-state index contributed by atoms with van der Waals surface area (Å²) in [6.45, 7) is -0.607. The van der Waals surface area contributed by atoms with Crippen LogP contribution in [0.1, 0.15) is 0 Å². The van der Waals surface area contributed by atoms with Gasteiger partial charge in [-0.1, -0.05) is 11.6 Å². The van der Waals surface area contributed by atoms with Gasteiger partial charge in [0.1, 0.15) is 0 Å². The molecule has 7 heteroatoms. The highest BCUT2D eigenvalue weighted by Crippen LogP contribution is 2.27. The average Bonchev–Trinajstić information content (AvgIpc) is 2.14. The Morgan fingerprint density at radius 2 is 2.06 bits per heavy atom. The van der Waals surface area contributed by atoms with E-state index in [0.717, 1.165) is 0 Å². The van der Waals surface area contributed by atoms with Crippen molar-refractivity contribution >= 4 is 33.2 Å². The highest BCUT2D eigenvalue weighted by molar-refractivity contribution is 9.10. The van der Waals surface area contributed by atoms with Gasteiger partial charge in [-0.05, 0) is 34.1 Å². The molecule has 0 aromatic heterocycles. The van der Waals surface area contributed by atoms with Gasteiger partial charge in [-0.25, -0.2) is 0 Å². The molecule has 0 saturated carbocycles. The van der Waals surface area contributed by atoms with E-state index in [4.69, 9.17) is 16.7 Å². The summed E-state index contributed by atoms with van der Waals surface area (Å²) >= 11 is 8.80. The first-order valence-electron chi connectivity index (χ1n) is 4.24. The lowest BCUT2D eigenvalue weighted by Gasteiger charge is -2.16. The topological polar surface area (TPSA) is 32.3 Å². The minimum Gasteiger partial charge on any atom is -0.382 e. The Morgan fingerprint density at radius 1 is 1.44 bits per heavy atom. The molecule has 0 amide bonds. The van der Waals surface area contributed by atoms with Gasteiger partial charge in [0.05, 0.1) is 0 Å². The molecule has 0 fully saturated rings. The fourth-order valence-corrected chi connectivity index (χ4v) is 1.78. The van der Waals surface area contributed by atoms with Crippen molar-refractivity contribution in [1.82, 2.24) is 0 Å². The summed E-state index contributed by atoms with van der Waals surface area (Å²) < 4.78 is 36.5. The third kappa shape index (κ3) is 3.84. The number of aliphatic hydroxyl groups is 1. The minimum atomic E-state index is -4.62. The lowest BCUT2D eigenvalue weighted by atomic mass is 10.3. The van der Waals surface area contributed by atoms with Gasteiger partial charge in [-0.3, -0.25) is 0 Å². The van der Waals surface area contributed by atoms with E-state index >= 15 is 0 Å². The molecule has 0 aliphatic heterocycles. The largest absolute Gasteiger partial charge is 0.416 e. The zero-order chi connectivity index (χ0) is 12.3. The maximum Gasteiger partial charge on any atom is 0.416 e. The molecule has 2 nitrogen and oxygen atoms in total. The molecule has 0 saturated heterocycles. The van der Waals surface area contributed by atoms with Gasteiger partial charge in [0.15, 0.2) is 6.10 Å². The monoisotopic (exact) mass is 317 g/mol. The van der Waals surface area contributed by atoms with Crippen LogP contribution < -0.4 is 5.32 Å². The van der Waals surface area contributed by atoms with E-state index in [2.05, 4.69) is 21.2 Å². The van der Waals surface area contributed by atoms with Crippen LogP contribution in [0.15, 0.2) is 22.7 Å². The van der Waals surface area contributed by atoms with Crippen LogP contribution in [-0.2, 0) is 0 Å². The van der Waals surface area contributed by atoms with E-state index in [9.17, 15) is 13.2 Å². The molecule has 0 aliphatic rings. The van der Waals surface area contributed by atoms with Gasteiger partial charge < -0.3 is 10.4 Å². The molecule has 0 radical (unpaired) electrons. The van der Waals surface area contributed by atoms with Crippen molar-refractivity contribution in [1.29, 1.82) is 0 Å². The van der Waals surface area contributed by atoms with Crippen LogP contribution in [0.5, 0.6) is 0 Å². The van der Waals surface area contributed by atoms with E-state index in [1.54, 1.807) is 6.07 Å². The molecule has 1 unspecified atom stereocenters. The Morgan fingerprint density at radius 3 is 2.56 bits per heavy atom. The van der Waals surface area contributed by atoms with E-state index < -0.39 is 18.8 Å². The molecular formula is C9H8BrClF3NO. The maximum absolute atomic E-state index is 12.0. The summed E-state index contributed by atoms with van der Waals surface area (Å²) in [7, 11) is 0. The normalized spacial score (nSPS) is 13.6. The lowest BCUT2D eigenvalue weighted by Crippen LogP contribution is -2.35. The number of benzene rings is 1.